The van der Waals surface area contributed by atoms with E-state index in [0.29, 0.717) is 0 Å². The normalized spacial score (nSPS) is 15.6. The van der Waals surface area contributed by atoms with Crippen molar-refractivity contribution >= 4 is 103 Å². The summed E-state index contributed by atoms with van der Waals surface area (Å²) in [7, 11) is -13.6. The average molecular weight is 1010 g/mol. The molecule has 4 rings (SSSR count). The summed E-state index contributed by atoms with van der Waals surface area (Å²) in [4.78, 5) is 0. The number of allylic oxidation sites excluding steroid dienone is 4. The van der Waals surface area contributed by atoms with Gasteiger partial charge in [0.25, 0.3) is 0 Å². The van der Waals surface area contributed by atoms with Gasteiger partial charge in [0.15, 0.2) is 0 Å². The SMILES string of the molecule is CC1=C(C)[C]([Ti+3])([Si](c2cc([Si](C)(C)C)cc([Si](C)(C)C)c2C)(c2cc([Si](C)(C)C)cc([Si](C)(C)C)c2C)c2cc([Si](C)(C)C)cc([Si](C)(C)C)c2C)C(C)=C1C.[Cl-].[Cl-].[Cl-]. The monoisotopic (exact) mass is 1010 g/mol. The van der Waals surface area contributed by atoms with E-state index in [0.717, 1.165) is 0 Å². The summed E-state index contributed by atoms with van der Waals surface area (Å²) in [6.45, 7) is 64.7. The van der Waals surface area contributed by atoms with Crippen molar-refractivity contribution in [1.29, 1.82) is 0 Å². The number of benzene rings is 3. The number of halogens is 3. The molecule has 0 N–H and O–H groups in total. The van der Waals surface area contributed by atoms with Crippen LogP contribution < -0.4 is 83.9 Å². The first-order valence-electron chi connectivity index (χ1n) is 21.5. The minimum Gasteiger partial charge on any atom is -1.00 e. The fourth-order valence-electron chi connectivity index (χ4n) is 9.96. The molecule has 3 aromatic carbocycles. The van der Waals surface area contributed by atoms with E-state index >= 15 is 0 Å². The summed E-state index contributed by atoms with van der Waals surface area (Å²) in [5.41, 5.74) is 11.1. The largest absolute Gasteiger partial charge is 1.00 e. The predicted molar refractivity (Wildman–Crippen MR) is 276 cm³/mol. The zero-order valence-electron chi connectivity index (χ0n) is 42.1. The molecular formula is C48H81Cl3Si7Ti. The van der Waals surface area contributed by atoms with Crippen LogP contribution in [0.4, 0.5) is 0 Å². The average Bonchev–Trinajstić information content (AvgIpc) is 3.15. The van der Waals surface area contributed by atoms with Crippen LogP contribution in [0.3, 0.4) is 0 Å². The van der Waals surface area contributed by atoms with E-state index in [4.69, 9.17) is 0 Å². The molecule has 0 unspecified atom stereocenters. The van der Waals surface area contributed by atoms with E-state index in [1.165, 1.54) is 11.1 Å². The molecule has 0 radical (unpaired) electrons. The van der Waals surface area contributed by atoms with Gasteiger partial charge in [-0.05, 0) is 0 Å². The van der Waals surface area contributed by atoms with Crippen molar-refractivity contribution in [2.24, 2.45) is 0 Å². The second-order valence-corrected chi connectivity index (χ2v) is 60.3. The Balaban J connectivity index is 0.00000580. The molecule has 0 atom stereocenters. The van der Waals surface area contributed by atoms with Gasteiger partial charge in [-0.2, -0.15) is 0 Å². The van der Waals surface area contributed by atoms with Crippen LogP contribution in [-0.4, -0.2) is 56.5 Å². The molecule has 59 heavy (non-hydrogen) atoms. The molecule has 3 aromatic rings. The van der Waals surface area contributed by atoms with E-state index in [2.05, 4.69) is 223 Å². The summed E-state index contributed by atoms with van der Waals surface area (Å²) in [6, 6.07) is 16.8. The molecule has 326 valence electrons. The third kappa shape index (κ3) is 10.1. The van der Waals surface area contributed by atoms with Crippen LogP contribution in [0, 0.1) is 20.8 Å². The Morgan fingerprint density at radius 2 is 0.508 bits per heavy atom. The molecular weight excluding hydrogens is 927 g/mol. The maximum atomic E-state index is 2.87. The Morgan fingerprint density at radius 3 is 0.678 bits per heavy atom. The van der Waals surface area contributed by atoms with Crippen LogP contribution in [0.25, 0.3) is 0 Å². The zero-order chi connectivity index (χ0) is 43.5. The Labute approximate surface area is 402 Å². The van der Waals surface area contributed by atoms with Gasteiger partial charge in [-0.3, -0.25) is 0 Å². The minimum absolute atomic E-state index is 0. The molecule has 0 spiro atoms. The molecule has 0 heterocycles. The first-order valence-corrected chi connectivity index (χ1v) is 45.2. The van der Waals surface area contributed by atoms with Crippen molar-refractivity contribution in [2.75, 3.05) is 0 Å². The number of hydrogen-bond donors (Lipinski definition) is 0. The van der Waals surface area contributed by atoms with Gasteiger partial charge in [0.2, 0.25) is 0 Å². The molecule has 0 aromatic heterocycles. The van der Waals surface area contributed by atoms with Crippen molar-refractivity contribution in [2.45, 2.75) is 170 Å². The standard InChI is InChI=1S/C48H81Si7.3ClH.Ti/c1-32-33(2)35(4)48(34(32)3)55(45-29-39(49(8,9)10)26-42(36(45)5)52(17,18)19,46-30-40(50(11,12)13)27-43(37(46)6)53(20,21)22)47-31-41(51(14,15)16)28-44(38(47)7)54(23,24)25;;;;/h26-31H,1-25H3;3*1H;/q;;;;+3/p-3. The fourth-order valence-corrected chi connectivity index (χ4v) is 29.5. The summed E-state index contributed by atoms with van der Waals surface area (Å²) in [6.07, 6.45) is 0. The summed E-state index contributed by atoms with van der Waals surface area (Å²) in [5.74, 6) is 0. The second kappa shape index (κ2) is 18.3. The van der Waals surface area contributed by atoms with Gasteiger partial charge in [0.1, 0.15) is 0 Å². The first-order chi connectivity index (χ1) is 24.9. The van der Waals surface area contributed by atoms with Gasteiger partial charge < -0.3 is 37.2 Å². The second-order valence-electron chi connectivity index (χ2n) is 24.1. The van der Waals surface area contributed by atoms with Crippen LogP contribution in [0.5, 0.6) is 0 Å². The third-order valence-electron chi connectivity index (χ3n) is 13.8. The zero-order valence-corrected chi connectivity index (χ0v) is 52.9. The maximum absolute atomic E-state index is 3.10. The summed E-state index contributed by atoms with van der Waals surface area (Å²) >= 11 is 2.77. The molecule has 0 aliphatic heterocycles. The molecule has 0 nitrogen and oxygen atoms in total. The van der Waals surface area contributed by atoms with Crippen LogP contribution in [0.2, 0.25) is 121 Å². The van der Waals surface area contributed by atoms with Gasteiger partial charge in [-0.25, -0.2) is 0 Å². The van der Waals surface area contributed by atoms with Gasteiger partial charge in [-0.15, -0.1) is 0 Å². The molecule has 1 aliphatic rings. The Bertz CT molecular complexity index is 1920. The van der Waals surface area contributed by atoms with Crippen LogP contribution >= 0.6 is 0 Å². The Morgan fingerprint density at radius 1 is 0.322 bits per heavy atom. The van der Waals surface area contributed by atoms with Crippen molar-refractivity contribution in [3.8, 4) is 0 Å². The van der Waals surface area contributed by atoms with E-state index in [1.54, 1.807) is 74.5 Å². The smallest absolute Gasteiger partial charge is 1.00 e. The maximum Gasteiger partial charge on any atom is -1.00 e. The van der Waals surface area contributed by atoms with Crippen LogP contribution in [0.1, 0.15) is 44.4 Å². The molecule has 11 heteroatoms. The quantitative estimate of drug-likeness (QED) is 0.203. The van der Waals surface area contributed by atoms with Gasteiger partial charge in [0.05, 0.1) is 0 Å². The minimum atomic E-state index is -3.10. The van der Waals surface area contributed by atoms with E-state index in [1.807, 2.05) is 0 Å². The van der Waals surface area contributed by atoms with Gasteiger partial charge >= 0.3 is 369 Å². The number of hydrogen-bond acceptors (Lipinski definition) is 0. The first kappa shape index (κ1) is 57.3. The molecule has 0 saturated heterocycles. The van der Waals surface area contributed by atoms with E-state index in [-0.39, 0.29) is 40.6 Å². The predicted octanol–water partition coefficient (Wildman–Crippen LogP) is 0.296. The number of rotatable bonds is 10. The molecule has 1 aliphatic carbocycles. The van der Waals surface area contributed by atoms with Gasteiger partial charge in [-0.1, -0.05) is 0 Å². The molecule has 0 bridgehead atoms. The molecule has 0 fully saturated rings. The summed E-state index contributed by atoms with van der Waals surface area (Å²) in [5, 5.41) is 15.2. The van der Waals surface area contributed by atoms with E-state index < -0.39 is 56.5 Å². The Hall–Kier alpha value is 0.242. The van der Waals surface area contributed by atoms with E-state index in [9.17, 15) is 0 Å². The van der Waals surface area contributed by atoms with Crippen molar-refractivity contribution < 1.29 is 57.7 Å². The molecule has 0 saturated carbocycles. The third-order valence-corrected chi connectivity index (χ3v) is 35.1. The van der Waals surface area contributed by atoms with Crippen molar-refractivity contribution in [3.63, 3.8) is 0 Å². The van der Waals surface area contributed by atoms with Crippen LogP contribution in [-0.2, 0) is 20.4 Å². The molecule has 0 amide bonds. The van der Waals surface area contributed by atoms with Crippen molar-refractivity contribution in [3.05, 3.63) is 75.4 Å². The van der Waals surface area contributed by atoms with Crippen molar-refractivity contribution in [1.82, 2.24) is 0 Å². The summed E-state index contributed by atoms with van der Waals surface area (Å²) < 4.78 is -0.153. The van der Waals surface area contributed by atoms with Gasteiger partial charge in [0, 0.05) is 0 Å². The van der Waals surface area contributed by atoms with Crippen LogP contribution in [0.15, 0.2) is 58.7 Å². The Kier molecular flexibility index (Phi) is 17.7. The fraction of sp³-hybridized carbons (Fsp3) is 0.542. The topological polar surface area (TPSA) is 0 Å².